The second-order valence-corrected chi connectivity index (χ2v) is 5.56. The first-order valence-corrected chi connectivity index (χ1v) is 7.50. The summed E-state index contributed by atoms with van der Waals surface area (Å²) >= 11 is 0. The summed E-state index contributed by atoms with van der Waals surface area (Å²) in [5.74, 6) is 0.0605. The number of rotatable bonds is 4. The van der Waals surface area contributed by atoms with Gasteiger partial charge < -0.3 is 9.64 Å². The molecule has 0 aliphatic carbocycles. The quantitative estimate of drug-likeness (QED) is 0.866. The van der Waals surface area contributed by atoms with Crippen molar-refractivity contribution in [2.24, 2.45) is 0 Å². The van der Waals surface area contributed by atoms with Gasteiger partial charge in [-0.3, -0.25) is 4.79 Å². The maximum Gasteiger partial charge on any atom is 0.251 e. The van der Waals surface area contributed by atoms with E-state index in [9.17, 15) is 4.79 Å². The molecule has 22 heavy (non-hydrogen) atoms. The van der Waals surface area contributed by atoms with E-state index in [0.29, 0.717) is 6.61 Å². The first kappa shape index (κ1) is 14.7. The molecule has 1 aromatic carbocycles. The van der Waals surface area contributed by atoms with E-state index in [-0.39, 0.29) is 18.1 Å². The van der Waals surface area contributed by atoms with Gasteiger partial charge in [0.25, 0.3) is 5.91 Å². The third-order valence-corrected chi connectivity index (χ3v) is 4.19. The number of hydrogen-bond acceptors (Lipinski definition) is 4. The highest BCUT2D eigenvalue weighted by molar-refractivity contribution is 5.81. The van der Waals surface area contributed by atoms with E-state index in [1.54, 1.807) is 15.9 Å². The highest BCUT2D eigenvalue weighted by Crippen LogP contribution is 2.23. The molecule has 1 aliphatic rings. The van der Waals surface area contributed by atoms with Crippen molar-refractivity contribution in [3.8, 4) is 5.69 Å². The van der Waals surface area contributed by atoms with Crippen LogP contribution in [0.3, 0.4) is 0 Å². The molecule has 2 heterocycles. The lowest BCUT2D eigenvalue weighted by Gasteiger charge is -2.27. The zero-order chi connectivity index (χ0) is 15.5. The third kappa shape index (κ3) is 2.87. The smallest absolute Gasteiger partial charge is 0.251 e. The Morgan fingerprint density at radius 2 is 2.18 bits per heavy atom. The van der Waals surface area contributed by atoms with Gasteiger partial charge in [-0.25, -0.2) is 9.67 Å². The van der Waals surface area contributed by atoms with Gasteiger partial charge in [-0.1, -0.05) is 12.1 Å². The van der Waals surface area contributed by atoms with Crippen molar-refractivity contribution < 1.29 is 9.53 Å². The highest BCUT2D eigenvalue weighted by atomic mass is 16.5. The summed E-state index contributed by atoms with van der Waals surface area (Å²) in [5.41, 5.74) is 2.03. The average molecular weight is 300 g/mol. The Bertz CT molecular complexity index is 618. The van der Waals surface area contributed by atoms with Crippen LogP contribution in [-0.4, -0.2) is 45.3 Å². The Kier molecular flexibility index (Phi) is 4.20. The third-order valence-electron chi connectivity index (χ3n) is 4.19. The summed E-state index contributed by atoms with van der Waals surface area (Å²) in [7, 11) is 1.83. The number of nitrogens with zero attached hydrogens (tertiary/aromatic N) is 4. The molecule has 6 heteroatoms. The van der Waals surface area contributed by atoms with Gasteiger partial charge in [0.2, 0.25) is 0 Å². The summed E-state index contributed by atoms with van der Waals surface area (Å²) in [4.78, 5) is 18.1. The van der Waals surface area contributed by atoms with Crippen LogP contribution in [0.5, 0.6) is 0 Å². The molecular formula is C16H20N4O2. The van der Waals surface area contributed by atoms with Crippen LogP contribution in [-0.2, 0) is 9.53 Å². The molecule has 0 N–H and O–H groups in total. The van der Waals surface area contributed by atoms with Crippen LogP contribution in [0.1, 0.15) is 31.4 Å². The lowest BCUT2D eigenvalue weighted by molar-refractivity contribution is -0.141. The zero-order valence-electron chi connectivity index (χ0n) is 12.8. The van der Waals surface area contributed by atoms with Gasteiger partial charge in [0.05, 0.1) is 11.7 Å². The summed E-state index contributed by atoms with van der Waals surface area (Å²) in [6, 6.07) is 7.99. The van der Waals surface area contributed by atoms with Gasteiger partial charge in [-0.05, 0) is 37.5 Å². The van der Waals surface area contributed by atoms with Crippen LogP contribution in [0.4, 0.5) is 0 Å². The molecule has 1 fully saturated rings. The molecule has 0 spiro atoms. The van der Waals surface area contributed by atoms with E-state index in [2.05, 4.69) is 10.1 Å². The summed E-state index contributed by atoms with van der Waals surface area (Å²) in [5, 5.41) is 4.10. The maximum absolute atomic E-state index is 12.4. The normalized spacial score (nSPS) is 19.1. The van der Waals surface area contributed by atoms with Crippen LogP contribution in [0, 0.1) is 0 Å². The topological polar surface area (TPSA) is 60.2 Å². The van der Waals surface area contributed by atoms with Crippen molar-refractivity contribution >= 4 is 5.91 Å². The lowest BCUT2D eigenvalue weighted by atomic mass is 10.1. The number of aromatic nitrogens is 3. The van der Waals surface area contributed by atoms with Crippen LogP contribution < -0.4 is 0 Å². The second-order valence-electron chi connectivity index (χ2n) is 5.56. The van der Waals surface area contributed by atoms with Gasteiger partial charge in [0.15, 0.2) is 0 Å². The Balaban J connectivity index is 1.71. The van der Waals surface area contributed by atoms with Gasteiger partial charge >= 0.3 is 0 Å². The van der Waals surface area contributed by atoms with Gasteiger partial charge in [-0.2, -0.15) is 5.10 Å². The van der Waals surface area contributed by atoms with Crippen LogP contribution >= 0.6 is 0 Å². The minimum absolute atomic E-state index is 0.00139. The first-order valence-electron chi connectivity index (χ1n) is 7.50. The van der Waals surface area contributed by atoms with E-state index < -0.39 is 0 Å². The minimum atomic E-state index is -0.276. The van der Waals surface area contributed by atoms with Crippen molar-refractivity contribution in [1.29, 1.82) is 0 Å². The monoisotopic (exact) mass is 300 g/mol. The number of carbonyl (C=O) groups is 1. The molecule has 1 amide bonds. The molecule has 1 saturated heterocycles. The van der Waals surface area contributed by atoms with Gasteiger partial charge in [0, 0.05) is 13.7 Å². The number of ether oxygens (including phenoxy) is 1. The predicted molar refractivity (Wildman–Crippen MR) is 81.5 cm³/mol. The Hall–Kier alpha value is -2.21. The molecule has 2 unspecified atom stereocenters. The molecule has 116 valence electrons. The lowest BCUT2D eigenvalue weighted by Crippen LogP contribution is -2.37. The van der Waals surface area contributed by atoms with Crippen molar-refractivity contribution in [1.82, 2.24) is 19.7 Å². The van der Waals surface area contributed by atoms with Crippen LogP contribution in [0.15, 0.2) is 36.9 Å². The molecule has 0 saturated carbocycles. The molecule has 2 aromatic rings. The highest BCUT2D eigenvalue weighted by Gasteiger charge is 2.29. The van der Waals surface area contributed by atoms with Crippen molar-refractivity contribution in [3.05, 3.63) is 42.5 Å². The number of hydrogen-bond donors (Lipinski definition) is 0. The molecule has 1 aliphatic heterocycles. The largest absolute Gasteiger partial charge is 0.368 e. The summed E-state index contributed by atoms with van der Waals surface area (Å²) in [6.07, 6.45) is 4.67. The summed E-state index contributed by atoms with van der Waals surface area (Å²) in [6.45, 7) is 2.71. The van der Waals surface area contributed by atoms with E-state index in [1.165, 1.54) is 6.33 Å². The van der Waals surface area contributed by atoms with Crippen LogP contribution in [0.25, 0.3) is 5.69 Å². The molecule has 0 radical (unpaired) electrons. The Morgan fingerprint density at radius 3 is 2.77 bits per heavy atom. The zero-order valence-corrected chi connectivity index (χ0v) is 12.8. The van der Waals surface area contributed by atoms with E-state index in [4.69, 9.17) is 4.74 Å². The van der Waals surface area contributed by atoms with E-state index in [1.807, 2.05) is 38.2 Å². The van der Waals surface area contributed by atoms with E-state index in [0.717, 1.165) is 24.1 Å². The molecule has 6 nitrogen and oxygen atoms in total. The fourth-order valence-corrected chi connectivity index (χ4v) is 2.66. The fraction of sp³-hybridized carbons (Fsp3) is 0.438. The number of likely N-dealkylation sites (N-methyl/N-ethyl adjacent to an activating group) is 1. The standard InChI is InChI=1S/C16H20N4O2/c1-12(19(2)16(21)15-4-3-9-22-15)13-5-7-14(8-6-13)20-11-17-10-18-20/h5-8,10-12,15H,3-4,9H2,1-2H3. The van der Waals surface area contributed by atoms with E-state index >= 15 is 0 Å². The predicted octanol–water partition coefficient (Wildman–Crippen LogP) is 1.97. The average Bonchev–Trinajstić information content (AvgIpc) is 3.26. The van der Waals surface area contributed by atoms with Crippen molar-refractivity contribution in [2.45, 2.75) is 31.9 Å². The Labute approximate surface area is 129 Å². The number of amides is 1. The molecule has 1 aromatic heterocycles. The number of carbonyl (C=O) groups excluding carboxylic acids is 1. The Morgan fingerprint density at radius 1 is 1.41 bits per heavy atom. The molecule has 3 rings (SSSR count). The fourth-order valence-electron chi connectivity index (χ4n) is 2.66. The second kappa shape index (κ2) is 6.27. The maximum atomic E-state index is 12.4. The molecule has 2 atom stereocenters. The van der Waals surface area contributed by atoms with Gasteiger partial charge in [0.1, 0.15) is 18.8 Å². The van der Waals surface area contributed by atoms with Crippen molar-refractivity contribution in [2.75, 3.05) is 13.7 Å². The minimum Gasteiger partial charge on any atom is -0.368 e. The molecular weight excluding hydrogens is 280 g/mol. The molecule has 0 bridgehead atoms. The van der Waals surface area contributed by atoms with Gasteiger partial charge in [-0.15, -0.1) is 0 Å². The summed E-state index contributed by atoms with van der Waals surface area (Å²) < 4.78 is 7.18. The van der Waals surface area contributed by atoms with Crippen LogP contribution in [0.2, 0.25) is 0 Å². The van der Waals surface area contributed by atoms with Crippen molar-refractivity contribution in [3.63, 3.8) is 0 Å². The number of benzene rings is 1. The SMILES string of the molecule is CC(c1ccc(-n2cncn2)cc1)N(C)C(=O)C1CCCO1. The first-order chi connectivity index (χ1) is 10.7.